The smallest absolute Gasteiger partial charge is 0.251 e. The Balaban J connectivity index is 1.89. The van der Waals surface area contributed by atoms with Gasteiger partial charge in [0.05, 0.1) is 11.6 Å². The number of hydrogen-bond donors (Lipinski definition) is 1. The predicted octanol–water partition coefficient (Wildman–Crippen LogP) is 4.93. The Morgan fingerprint density at radius 2 is 1.37 bits per heavy atom. The molecule has 1 atom stereocenters. The Bertz CT molecular complexity index is 1080. The van der Waals surface area contributed by atoms with Crippen molar-refractivity contribution < 1.29 is 0 Å². The van der Waals surface area contributed by atoms with E-state index in [1.54, 1.807) is 6.07 Å². The highest BCUT2D eigenvalue weighted by molar-refractivity contribution is 5.55. The normalized spacial score (nSPS) is 11.9. The second kappa shape index (κ2) is 7.42. The van der Waals surface area contributed by atoms with Crippen LogP contribution in [0.1, 0.15) is 28.3 Å². The van der Waals surface area contributed by atoms with Crippen molar-refractivity contribution in [2.75, 3.05) is 0 Å². The van der Waals surface area contributed by atoms with Crippen LogP contribution in [0.25, 0.3) is 11.4 Å². The van der Waals surface area contributed by atoms with Gasteiger partial charge < -0.3 is 4.98 Å². The highest BCUT2D eigenvalue weighted by atomic mass is 16.1. The summed E-state index contributed by atoms with van der Waals surface area (Å²) in [5, 5.41) is 0. The second-order valence-electron chi connectivity index (χ2n) is 6.64. The van der Waals surface area contributed by atoms with E-state index in [4.69, 9.17) is 4.98 Å². The Morgan fingerprint density at radius 3 is 2.04 bits per heavy atom. The molecule has 1 unspecified atom stereocenters. The van der Waals surface area contributed by atoms with Crippen LogP contribution in [0.2, 0.25) is 0 Å². The summed E-state index contributed by atoms with van der Waals surface area (Å²) in [6.07, 6.45) is 0. The molecular weight excluding hydrogens is 332 g/mol. The maximum absolute atomic E-state index is 12.4. The van der Waals surface area contributed by atoms with Crippen LogP contribution < -0.4 is 5.56 Å². The topological polar surface area (TPSA) is 45.8 Å². The summed E-state index contributed by atoms with van der Waals surface area (Å²) < 4.78 is 0. The molecule has 3 aromatic carbocycles. The second-order valence-corrected chi connectivity index (χ2v) is 6.64. The monoisotopic (exact) mass is 352 g/mol. The quantitative estimate of drug-likeness (QED) is 0.566. The molecule has 0 aliphatic rings. The summed E-state index contributed by atoms with van der Waals surface area (Å²) in [4.78, 5) is 20.1. The average molecular weight is 352 g/mol. The zero-order valence-corrected chi connectivity index (χ0v) is 15.1. The summed E-state index contributed by atoms with van der Waals surface area (Å²) in [7, 11) is 0. The lowest BCUT2D eigenvalue weighted by molar-refractivity contribution is 0.897. The molecule has 27 heavy (non-hydrogen) atoms. The Labute approximate surface area is 158 Å². The van der Waals surface area contributed by atoms with Crippen LogP contribution in [0.15, 0.2) is 95.8 Å². The van der Waals surface area contributed by atoms with Crippen molar-refractivity contribution >= 4 is 0 Å². The third-order valence-corrected chi connectivity index (χ3v) is 4.65. The number of aromatic amines is 1. The van der Waals surface area contributed by atoms with Crippen LogP contribution in [0.3, 0.4) is 0 Å². The Hall–Kier alpha value is -3.46. The van der Waals surface area contributed by atoms with E-state index in [0.717, 1.165) is 22.4 Å². The maximum Gasteiger partial charge on any atom is 0.251 e. The fraction of sp³-hybridized carbons (Fsp3) is 0.0833. The molecule has 1 aromatic heterocycles. The van der Waals surface area contributed by atoms with Crippen LogP contribution >= 0.6 is 0 Å². The van der Waals surface area contributed by atoms with E-state index in [9.17, 15) is 4.79 Å². The standard InChI is InChI=1S/C24H20N2O/c1-17-12-14-19(15-13-17)23(18-8-4-2-5-9-18)21-16-22(27)26-24(25-21)20-10-6-3-7-11-20/h2-16,23H,1H3,(H,25,26,27). The van der Waals surface area contributed by atoms with Gasteiger partial charge in [0.25, 0.3) is 5.56 Å². The fourth-order valence-corrected chi connectivity index (χ4v) is 3.30. The van der Waals surface area contributed by atoms with Gasteiger partial charge in [-0.3, -0.25) is 4.79 Å². The first-order valence-electron chi connectivity index (χ1n) is 8.99. The van der Waals surface area contributed by atoms with E-state index in [1.165, 1.54) is 5.56 Å². The number of benzene rings is 3. The van der Waals surface area contributed by atoms with Gasteiger partial charge in [-0.2, -0.15) is 0 Å². The molecule has 3 heteroatoms. The van der Waals surface area contributed by atoms with E-state index in [-0.39, 0.29) is 11.5 Å². The lowest BCUT2D eigenvalue weighted by Gasteiger charge is -2.18. The molecule has 0 amide bonds. The summed E-state index contributed by atoms with van der Waals surface area (Å²) >= 11 is 0. The van der Waals surface area contributed by atoms with Crippen molar-refractivity contribution in [1.82, 2.24) is 9.97 Å². The third kappa shape index (κ3) is 3.72. The molecular formula is C24H20N2O. The number of nitrogens with zero attached hydrogens (tertiary/aromatic N) is 1. The molecule has 4 rings (SSSR count). The molecule has 0 aliphatic carbocycles. The van der Waals surface area contributed by atoms with Crippen molar-refractivity contribution in [2.45, 2.75) is 12.8 Å². The zero-order valence-electron chi connectivity index (χ0n) is 15.1. The van der Waals surface area contributed by atoms with E-state index < -0.39 is 0 Å². The first-order chi connectivity index (χ1) is 13.2. The van der Waals surface area contributed by atoms with Crippen LogP contribution in [-0.4, -0.2) is 9.97 Å². The Kier molecular flexibility index (Phi) is 4.67. The first kappa shape index (κ1) is 17.0. The molecule has 1 heterocycles. The van der Waals surface area contributed by atoms with Crippen molar-refractivity contribution in [3.05, 3.63) is 124 Å². The number of hydrogen-bond acceptors (Lipinski definition) is 2. The number of rotatable bonds is 4. The van der Waals surface area contributed by atoms with Gasteiger partial charge >= 0.3 is 0 Å². The van der Waals surface area contributed by atoms with Gasteiger partial charge in [-0.15, -0.1) is 0 Å². The van der Waals surface area contributed by atoms with Gasteiger partial charge in [0, 0.05) is 11.6 Å². The SMILES string of the molecule is Cc1ccc(C(c2ccccc2)c2cc(=O)[nH]c(-c3ccccc3)n2)cc1. The molecule has 0 fully saturated rings. The predicted molar refractivity (Wildman–Crippen MR) is 109 cm³/mol. The van der Waals surface area contributed by atoms with Gasteiger partial charge in [0.1, 0.15) is 5.82 Å². The van der Waals surface area contributed by atoms with Gasteiger partial charge in [0.2, 0.25) is 0 Å². The molecule has 1 N–H and O–H groups in total. The van der Waals surface area contributed by atoms with E-state index in [2.05, 4.69) is 48.3 Å². The van der Waals surface area contributed by atoms with E-state index >= 15 is 0 Å². The molecule has 0 radical (unpaired) electrons. The van der Waals surface area contributed by atoms with Crippen LogP contribution in [0, 0.1) is 6.92 Å². The van der Waals surface area contributed by atoms with Gasteiger partial charge in [-0.1, -0.05) is 90.5 Å². The average Bonchev–Trinajstić information content (AvgIpc) is 2.71. The minimum Gasteiger partial charge on any atom is -0.307 e. The molecule has 0 aliphatic heterocycles. The van der Waals surface area contributed by atoms with Crippen molar-refractivity contribution in [1.29, 1.82) is 0 Å². The van der Waals surface area contributed by atoms with E-state index in [0.29, 0.717) is 5.82 Å². The molecule has 0 bridgehead atoms. The fourth-order valence-electron chi connectivity index (χ4n) is 3.30. The van der Waals surface area contributed by atoms with E-state index in [1.807, 2.05) is 48.5 Å². The number of aromatic nitrogens is 2. The molecule has 132 valence electrons. The Morgan fingerprint density at radius 1 is 0.778 bits per heavy atom. The first-order valence-corrected chi connectivity index (χ1v) is 8.99. The third-order valence-electron chi connectivity index (χ3n) is 4.65. The minimum absolute atomic E-state index is 0.100. The van der Waals surface area contributed by atoms with Gasteiger partial charge in [-0.05, 0) is 18.1 Å². The lowest BCUT2D eigenvalue weighted by Crippen LogP contribution is -2.14. The minimum atomic E-state index is -0.146. The molecule has 4 aromatic rings. The maximum atomic E-state index is 12.4. The molecule has 0 saturated carbocycles. The summed E-state index contributed by atoms with van der Waals surface area (Å²) in [5.41, 5.74) is 4.92. The van der Waals surface area contributed by atoms with Gasteiger partial charge in [-0.25, -0.2) is 4.98 Å². The van der Waals surface area contributed by atoms with Crippen molar-refractivity contribution in [3.63, 3.8) is 0 Å². The molecule has 0 spiro atoms. The highest BCUT2D eigenvalue weighted by Gasteiger charge is 2.19. The lowest BCUT2D eigenvalue weighted by atomic mass is 9.88. The van der Waals surface area contributed by atoms with Crippen LogP contribution in [0.5, 0.6) is 0 Å². The van der Waals surface area contributed by atoms with Crippen LogP contribution in [0.4, 0.5) is 0 Å². The van der Waals surface area contributed by atoms with Crippen LogP contribution in [-0.2, 0) is 0 Å². The molecule has 3 nitrogen and oxygen atoms in total. The number of aryl methyl sites for hydroxylation is 1. The number of nitrogens with one attached hydrogen (secondary N) is 1. The molecule has 0 saturated heterocycles. The summed E-state index contributed by atoms with van der Waals surface area (Å²) in [6, 6.07) is 29.9. The summed E-state index contributed by atoms with van der Waals surface area (Å²) in [6.45, 7) is 2.07. The van der Waals surface area contributed by atoms with Gasteiger partial charge in [0.15, 0.2) is 0 Å². The summed E-state index contributed by atoms with van der Waals surface area (Å²) in [5.74, 6) is 0.489. The highest BCUT2D eigenvalue weighted by Crippen LogP contribution is 2.31. The largest absolute Gasteiger partial charge is 0.307 e. The van der Waals surface area contributed by atoms with Crippen molar-refractivity contribution in [2.24, 2.45) is 0 Å². The number of H-pyrrole nitrogens is 1. The van der Waals surface area contributed by atoms with Crippen molar-refractivity contribution in [3.8, 4) is 11.4 Å². The zero-order chi connectivity index (χ0) is 18.6.